The van der Waals surface area contributed by atoms with E-state index in [1.54, 1.807) is 13.2 Å². The highest BCUT2D eigenvalue weighted by molar-refractivity contribution is 5.77. The molecule has 1 amide bonds. The van der Waals surface area contributed by atoms with Crippen molar-refractivity contribution >= 4 is 5.91 Å². The molecule has 116 valence electrons. The van der Waals surface area contributed by atoms with Crippen LogP contribution >= 0.6 is 0 Å². The molecule has 0 aromatic heterocycles. The molecule has 1 fully saturated rings. The summed E-state index contributed by atoms with van der Waals surface area (Å²) in [6, 6.07) is 6.02. The second-order valence-electron chi connectivity index (χ2n) is 5.60. The van der Waals surface area contributed by atoms with Crippen LogP contribution in [0, 0.1) is 6.92 Å². The highest BCUT2D eigenvalue weighted by Gasteiger charge is 2.22. The number of ether oxygens (including phenoxy) is 1. The molecule has 5 nitrogen and oxygen atoms in total. The average Bonchev–Trinajstić information content (AvgIpc) is 2.49. The number of likely N-dealkylation sites (tertiary alicyclic amines) is 1. The number of phenolic OH excluding ortho intramolecular Hbond substituents is 1. The molecule has 0 spiro atoms. The van der Waals surface area contributed by atoms with E-state index >= 15 is 0 Å². The minimum absolute atomic E-state index is 0.0623. The number of benzene rings is 1. The molecule has 0 aliphatic carbocycles. The molecule has 0 atom stereocenters. The van der Waals surface area contributed by atoms with Crippen LogP contribution in [0.15, 0.2) is 18.2 Å². The number of nitrogens with zero attached hydrogens (tertiary/aromatic N) is 1. The number of amides is 1. The summed E-state index contributed by atoms with van der Waals surface area (Å²) in [5.41, 5.74) is 2.07. The lowest BCUT2D eigenvalue weighted by molar-refractivity contribution is -0.136. The predicted molar refractivity (Wildman–Crippen MR) is 81.2 cm³/mol. The van der Waals surface area contributed by atoms with E-state index < -0.39 is 0 Å². The van der Waals surface area contributed by atoms with Gasteiger partial charge in [-0.1, -0.05) is 17.7 Å². The first-order valence-electron chi connectivity index (χ1n) is 7.38. The molecule has 2 rings (SSSR count). The van der Waals surface area contributed by atoms with Crippen LogP contribution in [-0.4, -0.2) is 48.8 Å². The van der Waals surface area contributed by atoms with Crippen molar-refractivity contribution in [1.29, 1.82) is 0 Å². The van der Waals surface area contributed by atoms with Gasteiger partial charge in [0.2, 0.25) is 5.91 Å². The maximum absolute atomic E-state index is 11.7. The molecule has 0 radical (unpaired) electrons. The SMILES string of the molecule is COCC(=O)N1CCC(NCc2cc(C)ccc2O)CC1. The number of methoxy groups -OCH3 is 1. The van der Waals surface area contributed by atoms with Crippen molar-refractivity contribution in [3.8, 4) is 5.75 Å². The number of carbonyl (C=O) groups excluding carboxylic acids is 1. The lowest BCUT2D eigenvalue weighted by atomic mass is 10.0. The summed E-state index contributed by atoms with van der Waals surface area (Å²) in [6.45, 7) is 4.36. The Kier molecular flexibility index (Phi) is 5.59. The van der Waals surface area contributed by atoms with Crippen LogP contribution in [0.2, 0.25) is 0 Å². The van der Waals surface area contributed by atoms with E-state index in [0.29, 0.717) is 18.3 Å². The third kappa shape index (κ3) is 4.44. The molecule has 0 bridgehead atoms. The van der Waals surface area contributed by atoms with Crippen LogP contribution < -0.4 is 5.32 Å². The molecule has 1 aromatic carbocycles. The molecular weight excluding hydrogens is 268 g/mol. The van der Waals surface area contributed by atoms with Gasteiger partial charge in [-0.05, 0) is 25.8 Å². The zero-order valence-corrected chi connectivity index (χ0v) is 12.8. The Labute approximate surface area is 125 Å². The molecular formula is C16H24N2O3. The van der Waals surface area contributed by atoms with Gasteiger partial charge in [0, 0.05) is 38.3 Å². The van der Waals surface area contributed by atoms with Crippen LogP contribution in [0.1, 0.15) is 24.0 Å². The number of hydrogen-bond acceptors (Lipinski definition) is 4. The smallest absolute Gasteiger partial charge is 0.248 e. The molecule has 21 heavy (non-hydrogen) atoms. The molecule has 5 heteroatoms. The second-order valence-corrected chi connectivity index (χ2v) is 5.60. The zero-order valence-electron chi connectivity index (χ0n) is 12.8. The Morgan fingerprint density at radius 3 is 2.81 bits per heavy atom. The third-order valence-corrected chi connectivity index (χ3v) is 3.93. The maximum Gasteiger partial charge on any atom is 0.248 e. The first-order valence-corrected chi connectivity index (χ1v) is 7.38. The number of piperidine rings is 1. The van der Waals surface area contributed by atoms with Crippen molar-refractivity contribution < 1.29 is 14.6 Å². The Balaban J connectivity index is 1.79. The number of nitrogens with one attached hydrogen (secondary N) is 1. The van der Waals surface area contributed by atoms with Gasteiger partial charge in [-0.3, -0.25) is 4.79 Å². The Morgan fingerprint density at radius 2 is 2.14 bits per heavy atom. The zero-order chi connectivity index (χ0) is 15.2. The van der Waals surface area contributed by atoms with Gasteiger partial charge in [-0.25, -0.2) is 0 Å². The van der Waals surface area contributed by atoms with E-state index in [1.807, 2.05) is 24.0 Å². The lowest BCUT2D eigenvalue weighted by Crippen LogP contribution is -2.45. The molecule has 1 heterocycles. The third-order valence-electron chi connectivity index (χ3n) is 3.93. The van der Waals surface area contributed by atoms with Gasteiger partial charge in [0.25, 0.3) is 0 Å². The van der Waals surface area contributed by atoms with Crippen molar-refractivity contribution in [2.75, 3.05) is 26.8 Å². The molecule has 1 aliphatic heterocycles. The van der Waals surface area contributed by atoms with Crippen molar-refractivity contribution in [2.45, 2.75) is 32.4 Å². The number of carbonyl (C=O) groups is 1. The summed E-state index contributed by atoms with van der Waals surface area (Å²) in [4.78, 5) is 13.6. The lowest BCUT2D eigenvalue weighted by Gasteiger charge is -2.32. The first kappa shape index (κ1) is 15.8. The van der Waals surface area contributed by atoms with E-state index in [-0.39, 0.29) is 12.5 Å². The second kappa shape index (κ2) is 7.43. The standard InChI is InChI=1S/C16H24N2O3/c1-12-3-4-15(19)13(9-12)10-17-14-5-7-18(8-6-14)16(20)11-21-2/h3-4,9,14,17,19H,5-8,10-11H2,1-2H3. The van der Waals surface area contributed by atoms with E-state index in [0.717, 1.165) is 37.1 Å². The van der Waals surface area contributed by atoms with Crippen molar-refractivity contribution in [3.63, 3.8) is 0 Å². The monoisotopic (exact) mass is 292 g/mol. The predicted octanol–water partition coefficient (Wildman–Crippen LogP) is 1.43. The van der Waals surface area contributed by atoms with Gasteiger partial charge in [0.05, 0.1) is 0 Å². The number of aromatic hydroxyl groups is 1. The summed E-state index contributed by atoms with van der Waals surface area (Å²) in [5, 5.41) is 13.3. The summed E-state index contributed by atoms with van der Waals surface area (Å²) in [6.07, 6.45) is 1.87. The van der Waals surface area contributed by atoms with E-state index in [1.165, 1.54) is 0 Å². The summed E-state index contributed by atoms with van der Waals surface area (Å²) < 4.78 is 4.88. The molecule has 1 aliphatic rings. The quantitative estimate of drug-likeness (QED) is 0.862. The van der Waals surface area contributed by atoms with Crippen molar-refractivity contribution in [3.05, 3.63) is 29.3 Å². The average molecular weight is 292 g/mol. The molecule has 0 saturated carbocycles. The molecule has 2 N–H and O–H groups in total. The Bertz CT molecular complexity index is 482. The fourth-order valence-corrected chi connectivity index (χ4v) is 2.66. The van der Waals surface area contributed by atoms with Gasteiger partial charge in [-0.2, -0.15) is 0 Å². The highest BCUT2D eigenvalue weighted by Crippen LogP contribution is 2.19. The highest BCUT2D eigenvalue weighted by atomic mass is 16.5. The van der Waals surface area contributed by atoms with Gasteiger partial charge in [0.1, 0.15) is 12.4 Å². The largest absolute Gasteiger partial charge is 0.508 e. The van der Waals surface area contributed by atoms with Gasteiger partial charge in [0.15, 0.2) is 0 Å². The fourth-order valence-electron chi connectivity index (χ4n) is 2.66. The van der Waals surface area contributed by atoms with Crippen LogP contribution in [-0.2, 0) is 16.1 Å². The minimum Gasteiger partial charge on any atom is -0.508 e. The molecule has 1 saturated heterocycles. The van der Waals surface area contributed by atoms with Crippen LogP contribution in [0.3, 0.4) is 0 Å². The summed E-state index contributed by atoms with van der Waals surface area (Å²) >= 11 is 0. The van der Waals surface area contributed by atoms with E-state index in [2.05, 4.69) is 5.32 Å². The Hall–Kier alpha value is -1.59. The molecule has 1 aromatic rings. The maximum atomic E-state index is 11.7. The van der Waals surface area contributed by atoms with Crippen LogP contribution in [0.25, 0.3) is 0 Å². The van der Waals surface area contributed by atoms with Crippen molar-refractivity contribution in [1.82, 2.24) is 10.2 Å². The summed E-state index contributed by atoms with van der Waals surface area (Å²) in [7, 11) is 1.54. The molecule has 0 unspecified atom stereocenters. The van der Waals surface area contributed by atoms with E-state index in [9.17, 15) is 9.90 Å². The van der Waals surface area contributed by atoms with Gasteiger partial charge >= 0.3 is 0 Å². The van der Waals surface area contributed by atoms with Crippen LogP contribution in [0.4, 0.5) is 0 Å². The topological polar surface area (TPSA) is 61.8 Å². The van der Waals surface area contributed by atoms with Gasteiger partial charge < -0.3 is 20.1 Å². The number of phenols is 1. The first-order chi connectivity index (χ1) is 10.1. The number of hydrogen-bond donors (Lipinski definition) is 2. The van der Waals surface area contributed by atoms with E-state index in [4.69, 9.17) is 4.74 Å². The summed E-state index contributed by atoms with van der Waals surface area (Å²) in [5.74, 6) is 0.396. The number of aryl methyl sites for hydroxylation is 1. The van der Waals surface area contributed by atoms with Gasteiger partial charge in [-0.15, -0.1) is 0 Å². The Morgan fingerprint density at radius 1 is 1.43 bits per heavy atom. The normalized spacial score (nSPS) is 16.2. The number of rotatable bonds is 5. The van der Waals surface area contributed by atoms with Crippen molar-refractivity contribution in [2.24, 2.45) is 0 Å². The fraction of sp³-hybridized carbons (Fsp3) is 0.562. The minimum atomic E-state index is 0.0623. The van der Waals surface area contributed by atoms with Crippen LogP contribution in [0.5, 0.6) is 5.75 Å².